The normalized spacial score (nSPS) is 36.2. The molecule has 1 aromatic heterocycles. The Labute approximate surface area is 126 Å². The molecule has 9 heteroatoms. The van der Waals surface area contributed by atoms with E-state index in [-0.39, 0.29) is 18.8 Å². The molecule has 0 amide bonds. The molecular formula is C11H13IN2O6. The van der Waals surface area contributed by atoms with Crippen LogP contribution in [0.25, 0.3) is 0 Å². The van der Waals surface area contributed by atoms with Gasteiger partial charge in [0, 0.05) is 12.6 Å². The molecule has 0 saturated carbocycles. The maximum atomic E-state index is 11.9. The molecule has 3 N–H and O–H groups in total. The molecule has 1 unspecified atom stereocenters. The van der Waals surface area contributed by atoms with E-state index in [2.05, 4.69) is 4.98 Å². The summed E-state index contributed by atoms with van der Waals surface area (Å²) in [7, 11) is 0. The number of halogens is 1. The molecule has 0 aromatic carbocycles. The van der Waals surface area contributed by atoms with Gasteiger partial charge in [0.05, 0.1) is 16.3 Å². The topological polar surface area (TPSA) is 117 Å². The van der Waals surface area contributed by atoms with Crippen LogP contribution >= 0.6 is 22.6 Å². The van der Waals surface area contributed by atoms with Crippen LogP contribution in [0.4, 0.5) is 0 Å². The van der Waals surface area contributed by atoms with E-state index in [0.29, 0.717) is 9.99 Å². The molecule has 2 aliphatic rings. The second-order valence-electron chi connectivity index (χ2n) is 4.82. The third kappa shape index (κ3) is 2.44. The Balaban J connectivity index is 1.95. The van der Waals surface area contributed by atoms with Gasteiger partial charge in [-0.05, 0) is 22.6 Å². The highest BCUT2D eigenvalue weighted by molar-refractivity contribution is 14.1. The Bertz CT molecular complexity index is 628. The lowest BCUT2D eigenvalue weighted by molar-refractivity contribution is -0.129. The second kappa shape index (κ2) is 5.22. The van der Waals surface area contributed by atoms with E-state index in [4.69, 9.17) is 9.47 Å². The molecule has 5 atom stereocenters. The summed E-state index contributed by atoms with van der Waals surface area (Å²) in [5.74, 6) is 0. The van der Waals surface area contributed by atoms with Crippen LogP contribution in [0.3, 0.4) is 0 Å². The number of epoxide rings is 1. The molecule has 0 bridgehead atoms. The first-order chi connectivity index (χ1) is 9.51. The molecule has 20 heavy (non-hydrogen) atoms. The fourth-order valence-electron chi connectivity index (χ4n) is 2.40. The van der Waals surface area contributed by atoms with Crippen LogP contribution in [-0.4, -0.2) is 50.8 Å². The van der Waals surface area contributed by atoms with Gasteiger partial charge in [-0.2, -0.15) is 0 Å². The quantitative estimate of drug-likeness (QED) is 0.416. The maximum Gasteiger partial charge on any atom is 0.330 e. The van der Waals surface area contributed by atoms with Gasteiger partial charge in [-0.1, -0.05) is 0 Å². The van der Waals surface area contributed by atoms with Crippen LogP contribution in [0, 0.1) is 3.57 Å². The van der Waals surface area contributed by atoms with E-state index in [1.807, 2.05) is 22.6 Å². The summed E-state index contributed by atoms with van der Waals surface area (Å²) in [4.78, 5) is 25.4. The Hall–Kier alpha value is -0.750. The van der Waals surface area contributed by atoms with Crippen molar-refractivity contribution < 1.29 is 19.7 Å². The number of aromatic amines is 1. The van der Waals surface area contributed by atoms with Crippen molar-refractivity contribution >= 4 is 22.6 Å². The molecule has 2 aliphatic heterocycles. The van der Waals surface area contributed by atoms with E-state index in [1.165, 1.54) is 10.8 Å². The van der Waals surface area contributed by atoms with Gasteiger partial charge in [0.1, 0.15) is 24.5 Å². The van der Waals surface area contributed by atoms with Gasteiger partial charge in [0.15, 0.2) is 0 Å². The first-order valence-electron chi connectivity index (χ1n) is 6.12. The molecule has 0 spiro atoms. The van der Waals surface area contributed by atoms with E-state index < -0.39 is 29.7 Å². The van der Waals surface area contributed by atoms with Crippen LogP contribution < -0.4 is 11.2 Å². The molecular weight excluding hydrogens is 383 g/mol. The minimum Gasteiger partial charge on any atom is -0.394 e. The van der Waals surface area contributed by atoms with Crippen molar-refractivity contribution in [2.45, 2.75) is 37.1 Å². The first-order valence-corrected chi connectivity index (χ1v) is 7.20. The average Bonchev–Trinajstić information content (AvgIpc) is 3.17. The molecule has 0 aliphatic carbocycles. The number of rotatable bonds is 2. The summed E-state index contributed by atoms with van der Waals surface area (Å²) >= 11 is 1.82. The maximum absolute atomic E-state index is 11.9. The molecule has 3 rings (SSSR count). The molecule has 8 nitrogen and oxygen atoms in total. The minimum absolute atomic E-state index is 0.206. The average molecular weight is 396 g/mol. The number of fused-ring (bicyclic) bond motifs is 1. The van der Waals surface area contributed by atoms with Gasteiger partial charge in [-0.15, -0.1) is 0 Å². The SMILES string of the molecule is O=c1[nH]c(=O)n(C2C[C@H]3O[C@H]3[C@H](O)[C@@H](CO)O2)cc1I. The van der Waals surface area contributed by atoms with Gasteiger partial charge in [0.2, 0.25) is 0 Å². The summed E-state index contributed by atoms with van der Waals surface area (Å²) in [6.45, 7) is -0.376. The summed E-state index contributed by atoms with van der Waals surface area (Å²) in [6, 6.07) is 0. The largest absolute Gasteiger partial charge is 0.394 e. The fraction of sp³-hybridized carbons (Fsp3) is 0.636. The van der Waals surface area contributed by atoms with Crippen molar-refractivity contribution in [2.75, 3.05) is 6.61 Å². The zero-order chi connectivity index (χ0) is 14.4. The van der Waals surface area contributed by atoms with Crippen LogP contribution in [0.5, 0.6) is 0 Å². The Morgan fingerprint density at radius 3 is 2.90 bits per heavy atom. The summed E-state index contributed by atoms with van der Waals surface area (Å²) in [6.07, 6.45) is -1.24. The minimum atomic E-state index is -0.924. The smallest absolute Gasteiger partial charge is 0.330 e. The van der Waals surface area contributed by atoms with Crippen molar-refractivity contribution in [3.63, 3.8) is 0 Å². The molecule has 1 aromatic rings. The summed E-state index contributed by atoms with van der Waals surface area (Å²) in [5, 5.41) is 19.2. The Kier molecular flexibility index (Phi) is 3.71. The van der Waals surface area contributed by atoms with Crippen LogP contribution in [0.15, 0.2) is 15.8 Å². The standard InChI is InChI=1S/C11H13IN2O6/c12-4-2-14(11(18)13-10(4)17)7-1-5-9(20-5)8(16)6(3-15)19-7/h2,5-9,15-16H,1,3H2,(H,13,17,18)/t5-,6-,7?,8-,9-/m1/s1. The van der Waals surface area contributed by atoms with Gasteiger partial charge in [-0.3, -0.25) is 14.3 Å². The van der Waals surface area contributed by atoms with E-state index in [0.717, 1.165) is 0 Å². The third-order valence-electron chi connectivity index (χ3n) is 3.52. The van der Waals surface area contributed by atoms with Crippen molar-refractivity contribution in [2.24, 2.45) is 0 Å². The number of aliphatic hydroxyl groups excluding tert-OH is 2. The van der Waals surface area contributed by atoms with Crippen molar-refractivity contribution in [1.82, 2.24) is 9.55 Å². The highest BCUT2D eigenvalue weighted by Gasteiger charge is 2.52. The number of nitrogens with zero attached hydrogens (tertiary/aromatic N) is 1. The van der Waals surface area contributed by atoms with Crippen molar-refractivity contribution in [1.29, 1.82) is 0 Å². The van der Waals surface area contributed by atoms with Gasteiger partial charge in [0.25, 0.3) is 5.56 Å². The van der Waals surface area contributed by atoms with Gasteiger partial charge in [-0.25, -0.2) is 4.79 Å². The number of ether oxygens (including phenoxy) is 2. The molecule has 2 saturated heterocycles. The summed E-state index contributed by atoms with van der Waals surface area (Å²) < 4.78 is 12.5. The second-order valence-corrected chi connectivity index (χ2v) is 5.98. The van der Waals surface area contributed by atoms with E-state index in [9.17, 15) is 19.8 Å². The molecule has 3 heterocycles. The number of aliphatic hydroxyl groups is 2. The van der Waals surface area contributed by atoms with Crippen molar-refractivity contribution in [3.8, 4) is 0 Å². The first kappa shape index (κ1) is 14.2. The fourth-order valence-corrected chi connectivity index (χ4v) is 2.83. The van der Waals surface area contributed by atoms with Crippen molar-refractivity contribution in [3.05, 3.63) is 30.6 Å². The number of nitrogens with one attached hydrogen (secondary N) is 1. The lowest BCUT2D eigenvalue weighted by Gasteiger charge is -2.25. The van der Waals surface area contributed by atoms with Gasteiger partial charge >= 0.3 is 5.69 Å². The van der Waals surface area contributed by atoms with Crippen LogP contribution in [-0.2, 0) is 9.47 Å². The number of hydrogen-bond acceptors (Lipinski definition) is 6. The summed E-state index contributed by atoms with van der Waals surface area (Å²) in [5.41, 5.74) is -1.05. The zero-order valence-corrected chi connectivity index (χ0v) is 12.4. The Morgan fingerprint density at radius 1 is 1.45 bits per heavy atom. The molecule has 2 fully saturated rings. The monoisotopic (exact) mass is 396 g/mol. The molecule has 110 valence electrons. The van der Waals surface area contributed by atoms with E-state index in [1.54, 1.807) is 0 Å². The van der Waals surface area contributed by atoms with E-state index >= 15 is 0 Å². The van der Waals surface area contributed by atoms with Crippen LogP contribution in [0.2, 0.25) is 0 Å². The lowest BCUT2D eigenvalue weighted by atomic mass is 10.1. The number of aromatic nitrogens is 2. The highest BCUT2D eigenvalue weighted by atomic mass is 127. The highest BCUT2D eigenvalue weighted by Crippen LogP contribution is 2.38. The number of H-pyrrole nitrogens is 1. The third-order valence-corrected chi connectivity index (χ3v) is 4.29. The lowest BCUT2D eigenvalue weighted by Crippen LogP contribution is -2.39. The van der Waals surface area contributed by atoms with Crippen LogP contribution in [0.1, 0.15) is 12.6 Å². The molecule has 0 radical (unpaired) electrons. The number of hydrogen-bond donors (Lipinski definition) is 3. The zero-order valence-electron chi connectivity index (χ0n) is 10.2. The predicted molar refractivity (Wildman–Crippen MR) is 74.3 cm³/mol. The van der Waals surface area contributed by atoms with Gasteiger partial charge < -0.3 is 19.7 Å². The predicted octanol–water partition coefficient (Wildman–Crippen LogP) is -1.45. The Morgan fingerprint density at radius 2 is 2.20 bits per heavy atom.